The van der Waals surface area contributed by atoms with E-state index < -0.39 is 24.3 Å². The molecule has 17 heteroatoms. The van der Waals surface area contributed by atoms with Crippen molar-refractivity contribution in [2.75, 3.05) is 60.5 Å². The summed E-state index contributed by atoms with van der Waals surface area (Å²) >= 11 is 0. The first-order valence-corrected chi connectivity index (χ1v) is 26.1. The number of urea groups is 2. The molecule has 0 aliphatic carbocycles. The summed E-state index contributed by atoms with van der Waals surface area (Å²) in [5.41, 5.74) is 6.69. The van der Waals surface area contributed by atoms with E-state index in [4.69, 9.17) is 0 Å². The first kappa shape index (κ1) is 56.0. The van der Waals surface area contributed by atoms with Crippen LogP contribution in [0, 0.1) is 5.92 Å². The number of phenols is 1. The van der Waals surface area contributed by atoms with Gasteiger partial charge in [-0.1, -0.05) is 143 Å². The van der Waals surface area contributed by atoms with Gasteiger partial charge in [-0.15, -0.1) is 0 Å². The van der Waals surface area contributed by atoms with Gasteiger partial charge in [-0.05, 0) is 76.3 Å². The van der Waals surface area contributed by atoms with Crippen LogP contribution in [0.15, 0.2) is 140 Å². The van der Waals surface area contributed by atoms with E-state index in [9.17, 15) is 33.9 Å². The predicted octanol–water partition coefficient (Wildman–Crippen LogP) is 6.49. The molecule has 0 saturated carbocycles. The van der Waals surface area contributed by atoms with Crippen LogP contribution in [0.1, 0.15) is 72.9 Å². The van der Waals surface area contributed by atoms with Crippen molar-refractivity contribution in [2.24, 2.45) is 5.92 Å². The lowest BCUT2D eigenvalue weighted by Gasteiger charge is -2.54. The number of amides is 8. The van der Waals surface area contributed by atoms with E-state index in [0.717, 1.165) is 39.0 Å². The van der Waals surface area contributed by atoms with Crippen molar-refractivity contribution in [3.63, 3.8) is 0 Å². The fourth-order valence-corrected chi connectivity index (χ4v) is 10.1. The number of hydrogen-bond acceptors (Lipinski definition) is 9. The SMILES string of the molecule is C=C/C=C(\C=C)CCN(C)C(=O)C(Cc1ccc(O)cc1)N1CN(C(=O)NCc2ccc(C(C)c3ccc(CNC(=O)N4C5CN(CCc6ccccc6)C(=O)[C@H](CC(C)C)N5C(=O)CN4C)cc3)cc2)N(C)CC1=O. The third-order valence-corrected chi connectivity index (χ3v) is 14.6. The molecule has 3 unspecified atom stereocenters. The molecule has 3 heterocycles. The third-order valence-electron chi connectivity index (χ3n) is 14.6. The van der Waals surface area contributed by atoms with Gasteiger partial charge in [-0.3, -0.25) is 19.2 Å². The number of piperazine rings is 1. The van der Waals surface area contributed by atoms with Gasteiger partial charge < -0.3 is 35.3 Å². The summed E-state index contributed by atoms with van der Waals surface area (Å²) in [5.74, 6) is -0.545. The monoisotopic (exact) mass is 1030 g/mol. The van der Waals surface area contributed by atoms with E-state index in [2.05, 4.69) is 30.7 Å². The number of hydrogen-bond donors (Lipinski definition) is 3. The molecule has 0 bridgehead atoms. The molecule has 402 valence electrons. The van der Waals surface area contributed by atoms with Crippen LogP contribution in [-0.2, 0) is 45.1 Å². The second-order valence-corrected chi connectivity index (χ2v) is 20.4. The summed E-state index contributed by atoms with van der Waals surface area (Å²) in [7, 11) is 5.09. The molecule has 0 aromatic heterocycles. The summed E-state index contributed by atoms with van der Waals surface area (Å²) in [4.78, 5) is 89.8. The number of benzene rings is 4. The molecule has 3 aliphatic rings. The van der Waals surface area contributed by atoms with Gasteiger partial charge in [0, 0.05) is 59.7 Å². The van der Waals surface area contributed by atoms with Crippen molar-refractivity contribution >= 4 is 35.7 Å². The number of carbonyl (C=O) groups excluding carboxylic acids is 6. The molecule has 17 nitrogen and oxygen atoms in total. The largest absolute Gasteiger partial charge is 0.508 e. The number of rotatable bonds is 20. The van der Waals surface area contributed by atoms with E-state index in [-0.39, 0.29) is 93.1 Å². The van der Waals surface area contributed by atoms with Crippen molar-refractivity contribution < 1.29 is 33.9 Å². The Morgan fingerprint density at radius 2 is 1.36 bits per heavy atom. The van der Waals surface area contributed by atoms with Crippen molar-refractivity contribution in [3.8, 4) is 5.75 Å². The molecule has 8 amide bonds. The highest BCUT2D eigenvalue weighted by molar-refractivity contribution is 5.92. The lowest BCUT2D eigenvalue weighted by molar-refractivity contribution is -0.187. The zero-order chi connectivity index (χ0) is 54.6. The van der Waals surface area contributed by atoms with Crippen molar-refractivity contribution in [1.82, 2.24) is 50.3 Å². The number of nitrogens with zero attached hydrogens (tertiary/aromatic N) is 8. The maximum Gasteiger partial charge on any atom is 0.334 e. The number of hydrazine groups is 2. The number of nitrogens with one attached hydrogen (secondary N) is 2. The molecule has 4 atom stereocenters. The van der Waals surface area contributed by atoms with Crippen LogP contribution in [0.3, 0.4) is 0 Å². The summed E-state index contributed by atoms with van der Waals surface area (Å²) in [6.07, 6.45) is 6.46. The van der Waals surface area contributed by atoms with Crippen LogP contribution >= 0.6 is 0 Å². The molecule has 3 fully saturated rings. The number of phenolic OH excluding ortho intramolecular Hbond substituents is 1. The minimum Gasteiger partial charge on any atom is -0.508 e. The lowest BCUT2D eigenvalue weighted by atomic mass is 9.92. The molecule has 0 spiro atoms. The average molecular weight is 1040 g/mol. The average Bonchev–Trinajstić information content (AvgIpc) is 3.41. The summed E-state index contributed by atoms with van der Waals surface area (Å²) in [6, 6.07) is 30.2. The highest BCUT2D eigenvalue weighted by Crippen LogP contribution is 2.30. The van der Waals surface area contributed by atoms with Gasteiger partial charge in [0.1, 0.15) is 30.7 Å². The second kappa shape index (κ2) is 25.7. The quantitative estimate of drug-likeness (QED) is 0.0838. The lowest BCUT2D eigenvalue weighted by Crippen LogP contribution is -2.76. The Balaban J connectivity index is 0.944. The first-order valence-electron chi connectivity index (χ1n) is 26.1. The Labute approximate surface area is 447 Å². The Bertz CT molecular complexity index is 2730. The summed E-state index contributed by atoms with van der Waals surface area (Å²) in [5, 5.41) is 22.2. The van der Waals surface area contributed by atoms with Crippen LogP contribution in [0.5, 0.6) is 5.75 Å². The van der Waals surface area contributed by atoms with E-state index >= 15 is 0 Å². The smallest absolute Gasteiger partial charge is 0.334 e. The fraction of sp³-hybridized carbons (Fsp3) is 0.390. The van der Waals surface area contributed by atoms with Crippen molar-refractivity contribution in [1.29, 1.82) is 0 Å². The molecule has 0 radical (unpaired) electrons. The number of fused-ring (bicyclic) bond motifs is 1. The fourth-order valence-electron chi connectivity index (χ4n) is 10.1. The molecular formula is C59H74N10O7. The topological polar surface area (TPSA) is 173 Å². The van der Waals surface area contributed by atoms with E-state index in [1.165, 1.54) is 9.91 Å². The molecule has 7 rings (SSSR count). The van der Waals surface area contributed by atoms with Crippen LogP contribution in [0.25, 0.3) is 0 Å². The minimum atomic E-state index is -0.919. The van der Waals surface area contributed by atoms with Crippen molar-refractivity contribution in [3.05, 3.63) is 173 Å². The highest BCUT2D eigenvalue weighted by atomic mass is 16.3. The Hall–Kier alpha value is -7.76. The summed E-state index contributed by atoms with van der Waals surface area (Å²) < 4.78 is 0. The van der Waals surface area contributed by atoms with Crippen LogP contribution in [0.4, 0.5) is 9.59 Å². The van der Waals surface area contributed by atoms with Crippen LogP contribution in [0.2, 0.25) is 0 Å². The second-order valence-electron chi connectivity index (χ2n) is 20.4. The Kier molecular flexibility index (Phi) is 18.9. The summed E-state index contributed by atoms with van der Waals surface area (Å²) in [6.45, 7) is 15.1. The Morgan fingerprint density at radius 3 is 1.95 bits per heavy atom. The number of carbonyl (C=O) groups is 6. The van der Waals surface area contributed by atoms with Gasteiger partial charge in [0.2, 0.25) is 23.6 Å². The maximum atomic E-state index is 14.2. The van der Waals surface area contributed by atoms with Crippen molar-refractivity contribution in [2.45, 2.75) is 83.7 Å². The molecule has 76 heavy (non-hydrogen) atoms. The highest BCUT2D eigenvalue weighted by Gasteiger charge is 2.50. The first-order chi connectivity index (χ1) is 36.5. The van der Waals surface area contributed by atoms with Gasteiger partial charge in [-0.2, -0.15) is 0 Å². The van der Waals surface area contributed by atoms with E-state index in [1.54, 1.807) is 82.4 Å². The number of likely N-dealkylation sites (N-methyl/N-ethyl adjacent to an activating group) is 3. The van der Waals surface area contributed by atoms with E-state index in [1.807, 2.05) is 104 Å². The van der Waals surface area contributed by atoms with E-state index in [0.29, 0.717) is 32.4 Å². The maximum absolute atomic E-state index is 14.2. The number of allylic oxidation sites excluding steroid dienone is 3. The minimum absolute atomic E-state index is 0.0159. The normalized spacial score (nSPS) is 18.3. The zero-order valence-corrected chi connectivity index (χ0v) is 44.8. The zero-order valence-electron chi connectivity index (χ0n) is 44.8. The predicted molar refractivity (Wildman–Crippen MR) is 292 cm³/mol. The number of aromatic hydroxyl groups is 1. The van der Waals surface area contributed by atoms with Gasteiger partial charge in [-0.25, -0.2) is 29.6 Å². The van der Waals surface area contributed by atoms with Crippen LogP contribution in [-0.4, -0.2) is 159 Å². The molecule has 4 aromatic rings. The standard InChI is InChI=1S/C59H74N10O7/c1-9-14-43(10-2)29-31-62(6)56(73)51(34-45-21-27-50(70)28-22-45)66-40-67(63(7)38-54(66)71)58(75)60-35-46-17-23-48(24-18-46)42(5)49-25-19-47(20-26-49)36-61-59(76)69-53-37-65(32-30-44-15-12-11-13-16-44)57(74)52(33-41(3)4)68(53)55(72)39-64(69)8/h9-28,41-42,51-53,70H,1-2,29-40H2,3-8H3,(H,60,75)(H,61,76)/b43-14+/t42?,51?,52-,53?/m0/s1. The van der Waals surface area contributed by atoms with Crippen LogP contribution < -0.4 is 10.6 Å². The van der Waals surface area contributed by atoms with Gasteiger partial charge in [0.25, 0.3) is 0 Å². The third kappa shape index (κ3) is 13.7. The van der Waals surface area contributed by atoms with Gasteiger partial charge in [0.15, 0.2) is 0 Å². The Morgan fingerprint density at radius 1 is 0.763 bits per heavy atom. The molecule has 3 N–H and O–H groups in total. The molecular weight excluding hydrogens is 961 g/mol. The van der Waals surface area contributed by atoms with Gasteiger partial charge in [0.05, 0.1) is 19.6 Å². The molecule has 4 aromatic carbocycles. The van der Waals surface area contributed by atoms with Gasteiger partial charge >= 0.3 is 12.1 Å². The molecule has 3 saturated heterocycles. The molecule has 3 aliphatic heterocycles.